The highest BCUT2D eigenvalue weighted by atomic mass is 16.6. The number of amides is 1. The van der Waals surface area contributed by atoms with Crippen molar-refractivity contribution >= 4 is 12.1 Å². The normalized spacial score (nSPS) is 22.5. The Labute approximate surface area is 153 Å². The largest absolute Gasteiger partial charge is 0.480 e. The van der Waals surface area contributed by atoms with E-state index in [1.54, 1.807) is 0 Å². The predicted molar refractivity (Wildman–Crippen MR) is 94.5 cm³/mol. The van der Waals surface area contributed by atoms with Crippen molar-refractivity contribution in [3.63, 3.8) is 0 Å². The fraction of sp³-hybridized carbons (Fsp3) is 0.579. The van der Waals surface area contributed by atoms with Gasteiger partial charge in [0.1, 0.15) is 12.3 Å². The molecule has 1 aromatic carbocycles. The average molecular weight is 362 g/mol. The number of ether oxygens (including phenoxy) is 2. The van der Waals surface area contributed by atoms with Crippen molar-refractivity contribution in [1.29, 1.82) is 0 Å². The molecular weight excluding hydrogens is 336 g/mol. The van der Waals surface area contributed by atoms with Gasteiger partial charge in [-0.3, -0.25) is 4.90 Å². The number of rotatable bonds is 5. The Morgan fingerprint density at radius 2 is 1.96 bits per heavy atom. The number of hydrogen-bond donors (Lipinski definition) is 1. The van der Waals surface area contributed by atoms with Crippen molar-refractivity contribution in [1.82, 2.24) is 9.80 Å². The molecule has 2 fully saturated rings. The molecule has 1 aromatic rings. The van der Waals surface area contributed by atoms with Crippen molar-refractivity contribution in [2.75, 3.05) is 26.2 Å². The van der Waals surface area contributed by atoms with E-state index in [2.05, 4.69) is 11.8 Å². The second-order valence-corrected chi connectivity index (χ2v) is 6.86. The fourth-order valence-corrected chi connectivity index (χ4v) is 3.75. The van der Waals surface area contributed by atoms with Crippen LogP contribution in [0, 0.1) is 0 Å². The minimum Gasteiger partial charge on any atom is -0.480 e. The van der Waals surface area contributed by atoms with E-state index >= 15 is 0 Å². The molecule has 7 heteroatoms. The van der Waals surface area contributed by atoms with Crippen LogP contribution in [0.5, 0.6) is 0 Å². The summed E-state index contributed by atoms with van der Waals surface area (Å²) in [5, 5.41) is 9.53. The van der Waals surface area contributed by atoms with E-state index in [0.29, 0.717) is 12.8 Å². The molecule has 0 aromatic heterocycles. The maximum absolute atomic E-state index is 12.8. The molecule has 2 aliphatic rings. The summed E-state index contributed by atoms with van der Waals surface area (Å²) < 4.78 is 11.3. The first-order valence-corrected chi connectivity index (χ1v) is 9.15. The first-order valence-electron chi connectivity index (χ1n) is 9.15. The van der Waals surface area contributed by atoms with Gasteiger partial charge in [0.25, 0.3) is 0 Å². The highest BCUT2D eigenvalue weighted by molar-refractivity contribution is 5.81. The van der Waals surface area contributed by atoms with Gasteiger partial charge in [-0.1, -0.05) is 37.3 Å². The van der Waals surface area contributed by atoms with E-state index in [-0.39, 0.29) is 13.2 Å². The number of carboxylic acid groups (broad SMARTS) is 1. The van der Waals surface area contributed by atoms with Gasteiger partial charge in [0, 0.05) is 25.9 Å². The monoisotopic (exact) mass is 362 g/mol. The summed E-state index contributed by atoms with van der Waals surface area (Å²) in [6.45, 7) is 4.80. The topological polar surface area (TPSA) is 79.3 Å². The zero-order valence-corrected chi connectivity index (χ0v) is 15.1. The van der Waals surface area contributed by atoms with Crippen molar-refractivity contribution in [2.45, 2.75) is 44.6 Å². The highest BCUT2D eigenvalue weighted by Crippen LogP contribution is 2.38. The van der Waals surface area contributed by atoms with Crippen LogP contribution < -0.4 is 0 Å². The molecule has 1 N–H and O–H groups in total. The van der Waals surface area contributed by atoms with Crippen LogP contribution in [0.1, 0.15) is 31.7 Å². The summed E-state index contributed by atoms with van der Waals surface area (Å²) >= 11 is 0. The number of aliphatic carboxylic acids is 1. The Morgan fingerprint density at radius 1 is 1.27 bits per heavy atom. The molecule has 1 atom stereocenters. The third-order valence-corrected chi connectivity index (χ3v) is 5.12. The second-order valence-electron chi connectivity index (χ2n) is 6.86. The van der Waals surface area contributed by atoms with Crippen molar-refractivity contribution in [3.8, 4) is 0 Å². The minimum absolute atomic E-state index is 0.00352. The molecule has 2 saturated heterocycles. The summed E-state index contributed by atoms with van der Waals surface area (Å²) in [6, 6.07) is 8.35. The molecule has 0 aliphatic carbocycles. The number of hydrogen-bond acceptors (Lipinski definition) is 5. The van der Waals surface area contributed by atoms with Gasteiger partial charge in [-0.05, 0) is 18.5 Å². The Balaban J connectivity index is 1.71. The van der Waals surface area contributed by atoms with E-state index in [4.69, 9.17) is 9.47 Å². The van der Waals surface area contributed by atoms with Gasteiger partial charge in [0.05, 0.1) is 6.61 Å². The number of benzene rings is 1. The zero-order chi connectivity index (χ0) is 18.6. The molecule has 0 saturated carbocycles. The summed E-state index contributed by atoms with van der Waals surface area (Å²) in [4.78, 5) is 28.0. The van der Waals surface area contributed by atoms with Crippen molar-refractivity contribution in [2.24, 2.45) is 0 Å². The third-order valence-electron chi connectivity index (χ3n) is 5.12. The van der Waals surface area contributed by atoms with Gasteiger partial charge < -0.3 is 19.5 Å². The smallest absolute Gasteiger partial charge is 0.413 e. The molecule has 26 heavy (non-hydrogen) atoms. The van der Waals surface area contributed by atoms with E-state index in [1.807, 2.05) is 30.3 Å². The van der Waals surface area contributed by atoms with Gasteiger partial charge in [-0.2, -0.15) is 0 Å². The van der Waals surface area contributed by atoms with Gasteiger partial charge >= 0.3 is 12.1 Å². The van der Waals surface area contributed by atoms with E-state index in [1.165, 1.54) is 4.90 Å². The molecular formula is C19H26N2O5. The van der Waals surface area contributed by atoms with Crippen LogP contribution >= 0.6 is 0 Å². The third kappa shape index (κ3) is 3.83. The molecule has 142 valence electrons. The Kier molecular flexibility index (Phi) is 5.78. The SMILES string of the molecule is CCCN1CCC2(CC1)OCC(C(=O)O)N2C(=O)OCc1ccccc1. The minimum atomic E-state index is -1.06. The summed E-state index contributed by atoms with van der Waals surface area (Å²) in [5.74, 6) is -1.06. The van der Waals surface area contributed by atoms with Crippen molar-refractivity contribution < 1.29 is 24.2 Å². The standard InChI is InChI=1S/C19H26N2O5/c1-2-10-20-11-8-19(9-12-20)21(16(14-26-19)17(22)23)18(24)25-13-15-6-4-3-5-7-15/h3-7,16H,2,8-14H2,1H3,(H,22,23). The van der Waals surface area contributed by atoms with E-state index < -0.39 is 23.8 Å². The molecule has 7 nitrogen and oxygen atoms in total. The molecule has 2 heterocycles. The number of carbonyl (C=O) groups excluding carboxylic acids is 1. The van der Waals surface area contributed by atoms with Crippen LogP contribution in [0.3, 0.4) is 0 Å². The van der Waals surface area contributed by atoms with E-state index in [9.17, 15) is 14.7 Å². The van der Waals surface area contributed by atoms with E-state index in [0.717, 1.165) is 31.6 Å². The molecule has 0 radical (unpaired) electrons. The van der Waals surface area contributed by atoms with Gasteiger partial charge in [0.15, 0.2) is 6.04 Å². The first kappa shape index (κ1) is 18.7. The fourth-order valence-electron chi connectivity index (χ4n) is 3.75. The lowest BCUT2D eigenvalue weighted by Crippen LogP contribution is -2.58. The van der Waals surface area contributed by atoms with Crippen LogP contribution in [0.15, 0.2) is 30.3 Å². The maximum Gasteiger partial charge on any atom is 0.413 e. The van der Waals surface area contributed by atoms with Crippen LogP contribution in [0.25, 0.3) is 0 Å². The molecule has 0 bridgehead atoms. The van der Waals surface area contributed by atoms with Gasteiger partial charge in [-0.15, -0.1) is 0 Å². The number of carbonyl (C=O) groups is 2. The lowest BCUT2D eigenvalue weighted by molar-refractivity contribution is -0.145. The number of likely N-dealkylation sites (tertiary alicyclic amines) is 1. The van der Waals surface area contributed by atoms with Crippen LogP contribution in [0.2, 0.25) is 0 Å². The highest BCUT2D eigenvalue weighted by Gasteiger charge is 2.54. The second kappa shape index (κ2) is 8.05. The predicted octanol–water partition coefficient (Wildman–Crippen LogP) is 2.31. The zero-order valence-electron chi connectivity index (χ0n) is 15.1. The molecule has 3 rings (SSSR count). The van der Waals surface area contributed by atoms with Crippen molar-refractivity contribution in [3.05, 3.63) is 35.9 Å². The lowest BCUT2D eigenvalue weighted by atomic mass is 9.98. The number of carboxylic acids is 1. The molecule has 1 amide bonds. The maximum atomic E-state index is 12.8. The Bertz CT molecular complexity index is 628. The Morgan fingerprint density at radius 3 is 2.58 bits per heavy atom. The average Bonchev–Trinajstić information content (AvgIpc) is 3.02. The first-order chi connectivity index (χ1) is 12.6. The van der Waals surface area contributed by atoms with Crippen LogP contribution in [-0.2, 0) is 20.9 Å². The van der Waals surface area contributed by atoms with Crippen LogP contribution in [0.4, 0.5) is 4.79 Å². The number of piperidine rings is 1. The Hall–Kier alpha value is -2.12. The molecule has 2 aliphatic heterocycles. The molecule has 1 spiro atoms. The van der Waals surface area contributed by atoms with Gasteiger partial charge in [-0.25, -0.2) is 9.59 Å². The lowest BCUT2D eigenvalue weighted by Gasteiger charge is -2.43. The number of nitrogens with zero attached hydrogens (tertiary/aromatic N) is 2. The van der Waals surface area contributed by atoms with Crippen LogP contribution in [-0.4, -0.2) is 65.0 Å². The summed E-state index contributed by atoms with van der Waals surface area (Å²) in [6.07, 6.45) is 1.63. The quantitative estimate of drug-likeness (QED) is 0.866. The van der Waals surface area contributed by atoms with Gasteiger partial charge in [0.2, 0.25) is 0 Å². The summed E-state index contributed by atoms with van der Waals surface area (Å²) in [5.41, 5.74) is -0.0131. The summed E-state index contributed by atoms with van der Waals surface area (Å²) in [7, 11) is 0. The molecule has 1 unspecified atom stereocenters.